The van der Waals surface area contributed by atoms with E-state index >= 15 is 0 Å². The van der Waals surface area contributed by atoms with E-state index in [1.807, 2.05) is 32.9 Å². The summed E-state index contributed by atoms with van der Waals surface area (Å²) >= 11 is 12.6. The summed E-state index contributed by atoms with van der Waals surface area (Å²) in [5, 5.41) is 4.59. The van der Waals surface area contributed by atoms with Gasteiger partial charge < -0.3 is 30.3 Å². The Hall–Kier alpha value is -3.43. The number of hydrogen-bond acceptors (Lipinski definition) is 7. The number of nitrogens with two attached hydrogens (primary N) is 1. The van der Waals surface area contributed by atoms with E-state index in [2.05, 4.69) is 15.2 Å². The van der Waals surface area contributed by atoms with Crippen LogP contribution in [0.3, 0.4) is 0 Å². The molecule has 11 heteroatoms. The smallest absolute Gasteiger partial charge is 0.410 e. The molecule has 0 unspecified atom stereocenters. The molecule has 0 aliphatic carbocycles. The molecule has 1 fully saturated rings. The quantitative estimate of drug-likeness (QED) is 0.404. The Morgan fingerprint density at radius 1 is 1.11 bits per heavy atom. The van der Waals surface area contributed by atoms with Crippen molar-refractivity contribution in [3.63, 3.8) is 0 Å². The number of primary amides is 1. The molecule has 0 atom stereocenters. The summed E-state index contributed by atoms with van der Waals surface area (Å²) in [6.07, 6.45) is 1.84. The average Bonchev–Trinajstić information content (AvgIpc) is 3.11. The molecule has 1 aromatic heterocycles. The number of carbonyl (C=O) groups is 2. The molecular weight excluding hydrogens is 529 g/mol. The molecule has 2 amide bonds. The third kappa shape index (κ3) is 6.00. The first kappa shape index (κ1) is 27.6. The van der Waals surface area contributed by atoms with Gasteiger partial charge in [0.2, 0.25) is 0 Å². The number of nitrogens with one attached hydrogen (secondary N) is 1. The summed E-state index contributed by atoms with van der Waals surface area (Å²) in [5.74, 6) is -0.0190. The molecule has 1 saturated heterocycles. The van der Waals surface area contributed by atoms with E-state index in [4.69, 9.17) is 38.4 Å². The summed E-state index contributed by atoms with van der Waals surface area (Å²) in [4.78, 5) is 33.3. The fourth-order valence-electron chi connectivity index (χ4n) is 4.34. The zero-order valence-corrected chi connectivity index (χ0v) is 23.3. The minimum absolute atomic E-state index is 0.205. The van der Waals surface area contributed by atoms with Crippen molar-refractivity contribution in [1.82, 2.24) is 9.88 Å². The lowest BCUT2D eigenvalue weighted by Crippen LogP contribution is -2.39. The largest absolute Gasteiger partial charge is 0.495 e. The first-order valence-corrected chi connectivity index (χ1v) is 13.0. The van der Waals surface area contributed by atoms with E-state index in [1.165, 1.54) is 6.20 Å². The normalized spacial score (nSPS) is 14.3. The highest BCUT2D eigenvalue weighted by Gasteiger charge is 2.26. The van der Waals surface area contributed by atoms with Crippen LogP contribution in [0, 0.1) is 0 Å². The van der Waals surface area contributed by atoms with Gasteiger partial charge in [-0.05, 0) is 45.4 Å². The standard InChI is InChI=1S/C27H31Cl2N5O4/c1-27(2,3)38-26(36)34-10-6-9-33(11-12-34)21-13-16-20(14-22(21)37-4)31-15-17(25(30)35)24(16)32-19-8-5-7-18(28)23(19)29/h5,7-8,13-15H,6,9-12H2,1-4H3,(H2,30,35)(H,31,32). The first-order valence-electron chi connectivity index (χ1n) is 12.2. The monoisotopic (exact) mass is 559 g/mol. The number of pyridine rings is 1. The van der Waals surface area contributed by atoms with Gasteiger partial charge in [0.05, 0.1) is 45.3 Å². The van der Waals surface area contributed by atoms with Gasteiger partial charge in [-0.1, -0.05) is 29.3 Å². The summed E-state index contributed by atoms with van der Waals surface area (Å²) in [6.45, 7) is 7.87. The number of benzene rings is 2. The number of rotatable bonds is 5. The van der Waals surface area contributed by atoms with Crippen molar-refractivity contribution in [1.29, 1.82) is 0 Å². The Morgan fingerprint density at radius 2 is 1.87 bits per heavy atom. The molecule has 0 bridgehead atoms. The van der Waals surface area contributed by atoms with Crippen molar-refractivity contribution in [3.05, 3.63) is 52.1 Å². The molecule has 0 saturated carbocycles. The third-order valence-electron chi connectivity index (χ3n) is 6.13. The molecule has 202 valence electrons. The SMILES string of the molecule is COc1cc2ncc(C(N)=O)c(Nc3cccc(Cl)c3Cl)c2cc1N1CCCN(C(=O)OC(C)(C)C)CC1. The highest BCUT2D eigenvalue weighted by molar-refractivity contribution is 6.43. The molecule has 2 heterocycles. The molecule has 1 aliphatic heterocycles. The van der Waals surface area contributed by atoms with Crippen LogP contribution in [-0.2, 0) is 4.74 Å². The highest BCUT2D eigenvalue weighted by atomic mass is 35.5. The van der Waals surface area contributed by atoms with E-state index in [9.17, 15) is 9.59 Å². The van der Waals surface area contributed by atoms with Gasteiger partial charge in [0.25, 0.3) is 5.91 Å². The summed E-state index contributed by atoms with van der Waals surface area (Å²) in [5.41, 5.74) is 7.73. The lowest BCUT2D eigenvalue weighted by Gasteiger charge is -2.27. The van der Waals surface area contributed by atoms with Gasteiger partial charge in [0.15, 0.2) is 0 Å². The third-order valence-corrected chi connectivity index (χ3v) is 6.95. The Bertz CT molecular complexity index is 1380. The van der Waals surface area contributed by atoms with Gasteiger partial charge in [0, 0.05) is 43.8 Å². The number of halogens is 2. The van der Waals surface area contributed by atoms with E-state index in [-0.39, 0.29) is 11.7 Å². The van der Waals surface area contributed by atoms with Crippen LogP contribution in [0.1, 0.15) is 37.6 Å². The van der Waals surface area contributed by atoms with Crippen LogP contribution < -0.4 is 20.7 Å². The van der Waals surface area contributed by atoms with Crippen molar-refractivity contribution in [2.75, 3.05) is 43.5 Å². The van der Waals surface area contributed by atoms with Crippen LogP contribution in [0.2, 0.25) is 10.0 Å². The predicted molar refractivity (Wildman–Crippen MR) is 151 cm³/mol. The molecule has 3 N–H and O–H groups in total. The molecule has 0 radical (unpaired) electrons. The van der Waals surface area contributed by atoms with Crippen LogP contribution in [0.25, 0.3) is 10.9 Å². The van der Waals surface area contributed by atoms with Gasteiger partial charge in [-0.25, -0.2) is 4.79 Å². The van der Waals surface area contributed by atoms with Gasteiger partial charge in [-0.3, -0.25) is 9.78 Å². The second-order valence-corrected chi connectivity index (χ2v) is 10.8. The number of amides is 2. The number of ether oxygens (including phenoxy) is 2. The fraction of sp³-hybridized carbons (Fsp3) is 0.370. The number of hydrogen-bond donors (Lipinski definition) is 2. The number of nitrogens with zero attached hydrogens (tertiary/aromatic N) is 3. The fourth-order valence-corrected chi connectivity index (χ4v) is 4.69. The molecule has 4 rings (SSSR count). The Morgan fingerprint density at radius 3 is 2.55 bits per heavy atom. The number of anilines is 3. The first-order chi connectivity index (χ1) is 18.0. The number of aromatic nitrogens is 1. The topological polar surface area (TPSA) is 110 Å². The van der Waals surface area contributed by atoms with Crippen molar-refractivity contribution in [2.24, 2.45) is 5.73 Å². The zero-order chi connectivity index (χ0) is 27.6. The van der Waals surface area contributed by atoms with Crippen LogP contribution in [0.4, 0.5) is 21.9 Å². The van der Waals surface area contributed by atoms with Gasteiger partial charge >= 0.3 is 6.09 Å². The minimum Gasteiger partial charge on any atom is -0.495 e. The highest BCUT2D eigenvalue weighted by Crippen LogP contribution is 2.40. The van der Waals surface area contributed by atoms with E-state index in [1.54, 1.807) is 30.2 Å². The van der Waals surface area contributed by atoms with Gasteiger partial charge in [0.1, 0.15) is 11.4 Å². The predicted octanol–water partition coefficient (Wildman–Crippen LogP) is 5.84. The maximum Gasteiger partial charge on any atom is 0.410 e. The van der Waals surface area contributed by atoms with Gasteiger partial charge in [-0.15, -0.1) is 0 Å². The molecule has 1 aliphatic rings. The Labute approximate surface area is 231 Å². The summed E-state index contributed by atoms with van der Waals surface area (Å²) in [7, 11) is 1.60. The minimum atomic E-state index is -0.639. The Balaban J connectivity index is 1.75. The molecule has 9 nitrogen and oxygen atoms in total. The number of fused-ring (bicyclic) bond motifs is 1. The van der Waals surface area contributed by atoms with Crippen LogP contribution in [-0.4, -0.2) is 60.8 Å². The lowest BCUT2D eigenvalue weighted by molar-refractivity contribution is 0.0263. The molecule has 3 aromatic rings. The molecular formula is C27H31Cl2N5O4. The maximum atomic E-state index is 12.7. The number of carbonyl (C=O) groups excluding carboxylic acids is 2. The van der Waals surface area contributed by atoms with Crippen molar-refractivity contribution in [3.8, 4) is 5.75 Å². The lowest BCUT2D eigenvalue weighted by atomic mass is 10.1. The van der Waals surface area contributed by atoms with Crippen molar-refractivity contribution in [2.45, 2.75) is 32.8 Å². The second kappa shape index (κ2) is 11.1. The molecule has 0 spiro atoms. The van der Waals surface area contributed by atoms with E-state index < -0.39 is 11.5 Å². The van der Waals surface area contributed by atoms with Gasteiger partial charge in [-0.2, -0.15) is 0 Å². The van der Waals surface area contributed by atoms with Crippen LogP contribution >= 0.6 is 23.2 Å². The maximum absolute atomic E-state index is 12.7. The second-order valence-electron chi connectivity index (χ2n) is 9.99. The number of methoxy groups -OCH3 is 1. The van der Waals surface area contributed by atoms with Crippen LogP contribution in [0.5, 0.6) is 5.75 Å². The summed E-state index contributed by atoms with van der Waals surface area (Å²) < 4.78 is 11.3. The van der Waals surface area contributed by atoms with E-state index in [0.717, 1.165) is 12.1 Å². The zero-order valence-electron chi connectivity index (χ0n) is 21.8. The average molecular weight is 560 g/mol. The van der Waals surface area contributed by atoms with Crippen LogP contribution in [0.15, 0.2) is 36.5 Å². The summed E-state index contributed by atoms with van der Waals surface area (Å²) in [6, 6.07) is 8.92. The van der Waals surface area contributed by atoms with Crippen molar-refractivity contribution >= 4 is 63.2 Å². The van der Waals surface area contributed by atoms with E-state index in [0.29, 0.717) is 64.3 Å². The molecule has 38 heavy (non-hydrogen) atoms. The Kier molecular flexibility index (Phi) is 8.08. The van der Waals surface area contributed by atoms with Crippen molar-refractivity contribution < 1.29 is 19.1 Å². The molecule has 2 aromatic carbocycles.